The molecule has 0 aromatic carbocycles. The zero-order valence-electron chi connectivity index (χ0n) is 11.2. The maximum atomic E-state index is 12.4. The second kappa shape index (κ2) is 4.94. The minimum absolute atomic E-state index is 0.0813. The van der Waals surface area contributed by atoms with Gasteiger partial charge in [0, 0.05) is 31.2 Å². The predicted octanol–water partition coefficient (Wildman–Crippen LogP) is 0.665. The van der Waals surface area contributed by atoms with Gasteiger partial charge in [-0.1, -0.05) is 6.42 Å². The van der Waals surface area contributed by atoms with Gasteiger partial charge >= 0.3 is 0 Å². The summed E-state index contributed by atoms with van der Waals surface area (Å²) in [5, 5.41) is 0. The maximum absolute atomic E-state index is 12.4. The first kappa shape index (κ1) is 12.8. The standard InChI is InChI=1S/C13H25N3O/c1-9-7-16(8-10(2)15(9)3)13(17)11-5-4-6-12(11)14/h9-12H,4-8,14H2,1-3H3. The van der Waals surface area contributed by atoms with Crippen LogP contribution in [0.2, 0.25) is 0 Å². The molecule has 4 nitrogen and oxygen atoms in total. The predicted molar refractivity (Wildman–Crippen MR) is 68.6 cm³/mol. The minimum Gasteiger partial charge on any atom is -0.339 e. The van der Waals surface area contributed by atoms with Gasteiger partial charge in [-0.3, -0.25) is 9.69 Å². The van der Waals surface area contributed by atoms with Crippen LogP contribution in [0.25, 0.3) is 0 Å². The molecule has 2 fully saturated rings. The van der Waals surface area contributed by atoms with E-state index in [4.69, 9.17) is 5.73 Å². The van der Waals surface area contributed by atoms with Crippen molar-refractivity contribution in [2.24, 2.45) is 11.7 Å². The fourth-order valence-electron chi connectivity index (χ4n) is 3.11. The molecule has 0 spiro atoms. The molecule has 4 atom stereocenters. The first-order valence-corrected chi connectivity index (χ1v) is 6.77. The van der Waals surface area contributed by atoms with Crippen molar-refractivity contribution in [1.29, 1.82) is 0 Å². The van der Waals surface area contributed by atoms with Crippen LogP contribution in [0.1, 0.15) is 33.1 Å². The third kappa shape index (κ3) is 2.47. The normalized spacial score (nSPS) is 39.6. The molecule has 1 saturated heterocycles. The molecule has 1 amide bonds. The number of carbonyl (C=O) groups is 1. The number of carbonyl (C=O) groups excluding carboxylic acids is 1. The maximum Gasteiger partial charge on any atom is 0.227 e. The van der Waals surface area contributed by atoms with Gasteiger partial charge in [-0.25, -0.2) is 0 Å². The second-order valence-electron chi connectivity index (χ2n) is 5.81. The summed E-state index contributed by atoms with van der Waals surface area (Å²) < 4.78 is 0. The number of amides is 1. The summed E-state index contributed by atoms with van der Waals surface area (Å²) in [6.07, 6.45) is 3.10. The zero-order valence-corrected chi connectivity index (χ0v) is 11.2. The van der Waals surface area contributed by atoms with E-state index in [1.54, 1.807) is 0 Å². The van der Waals surface area contributed by atoms with Crippen LogP contribution in [-0.4, -0.2) is 54.0 Å². The van der Waals surface area contributed by atoms with Crippen molar-refractivity contribution >= 4 is 5.91 Å². The fourth-order valence-corrected chi connectivity index (χ4v) is 3.11. The Balaban J connectivity index is 2.00. The lowest BCUT2D eigenvalue weighted by atomic mass is 10.0. The average Bonchev–Trinajstić information content (AvgIpc) is 2.70. The largest absolute Gasteiger partial charge is 0.339 e. The number of hydrogen-bond donors (Lipinski definition) is 1. The number of hydrogen-bond acceptors (Lipinski definition) is 3. The van der Waals surface area contributed by atoms with Crippen molar-refractivity contribution in [2.75, 3.05) is 20.1 Å². The van der Waals surface area contributed by atoms with Crippen LogP contribution < -0.4 is 5.73 Å². The van der Waals surface area contributed by atoms with E-state index in [1.807, 2.05) is 4.90 Å². The summed E-state index contributed by atoms with van der Waals surface area (Å²) in [7, 11) is 2.14. The van der Waals surface area contributed by atoms with Gasteiger partial charge in [0.2, 0.25) is 5.91 Å². The molecule has 0 radical (unpaired) electrons. The SMILES string of the molecule is CC1CN(C(=O)C2CCCC2N)CC(C)N1C. The van der Waals surface area contributed by atoms with Crippen molar-refractivity contribution in [3.8, 4) is 0 Å². The Hall–Kier alpha value is -0.610. The fraction of sp³-hybridized carbons (Fsp3) is 0.923. The molecule has 1 heterocycles. The Morgan fingerprint density at radius 1 is 1.18 bits per heavy atom. The molecule has 4 heteroatoms. The summed E-state index contributed by atoms with van der Waals surface area (Å²) in [6, 6.07) is 0.980. The van der Waals surface area contributed by atoms with E-state index in [1.165, 1.54) is 0 Å². The van der Waals surface area contributed by atoms with Crippen LogP contribution in [0.3, 0.4) is 0 Å². The summed E-state index contributed by atoms with van der Waals surface area (Å²) in [5.41, 5.74) is 6.03. The molecule has 1 aliphatic carbocycles. The highest BCUT2D eigenvalue weighted by Crippen LogP contribution is 2.27. The van der Waals surface area contributed by atoms with Crippen LogP contribution in [-0.2, 0) is 4.79 Å². The average molecular weight is 239 g/mol. The molecule has 0 aromatic heterocycles. The first-order chi connectivity index (χ1) is 8.00. The lowest BCUT2D eigenvalue weighted by Gasteiger charge is -2.43. The summed E-state index contributed by atoms with van der Waals surface area (Å²) >= 11 is 0. The Morgan fingerprint density at radius 2 is 1.76 bits per heavy atom. The van der Waals surface area contributed by atoms with Gasteiger partial charge in [-0.15, -0.1) is 0 Å². The van der Waals surface area contributed by atoms with Crippen molar-refractivity contribution < 1.29 is 4.79 Å². The van der Waals surface area contributed by atoms with Gasteiger partial charge in [0.05, 0.1) is 5.92 Å². The Bertz CT molecular complexity index is 282. The van der Waals surface area contributed by atoms with Gasteiger partial charge in [-0.2, -0.15) is 0 Å². The molecule has 4 unspecified atom stereocenters. The summed E-state index contributed by atoms with van der Waals surface area (Å²) in [5.74, 6) is 0.375. The molecule has 17 heavy (non-hydrogen) atoms. The molecule has 0 bridgehead atoms. The molecule has 2 rings (SSSR count). The highest BCUT2D eigenvalue weighted by molar-refractivity contribution is 5.80. The second-order valence-corrected chi connectivity index (χ2v) is 5.81. The lowest BCUT2D eigenvalue weighted by molar-refractivity contribution is -0.139. The molecule has 1 saturated carbocycles. The van der Waals surface area contributed by atoms with E-state index < -0.39 is 0 Å². The van der Waals surface area contributed by atoms with Crippen LogP contribution in [0.4, 0.5) is 0 Å². The molecular formula is C13H25N3O. The number of likely N-dealkylation sites (N-methyl/N-ethyl adjacent to an activating group) is 1. The lowest BCUT2D eigenvalue weighted by Crippen LogP contribution is -2.58. The smallest absolute Gasteiger partial charge is 0.227 e. The molecular weight excluding hydrogens is 214 g/mol. The highest BCUT2D eigenvalue weighted by atomic mass is 16.2. The van der Waals surface area contributed by atoms with Crippen LogP contribution in [0, 0.1) is 5.92 Å². The third-order valence-electron chi connectivity index (χ3n) is 4.56. The van der Waals surface area contributed by atoms with Crippen LogP contribution >= 0.6 is 0 Å². The van der Waals surface area contributed by atoms with Crippen molar-refractivity contribution in [3.63, 3.8) is 0 Å². The quantitative estimate of drug-likeness (QED) is 0.731. The molecule has 2 N–H and O–H groups in total. The monoisotopic (exact) mass is 239 g/mol. The zero-order chi connectivity index (χ0) is 12.6. The van der Waals surface area contributed by atoms with E-state index in [-0.39, 0.29) is 12.0 Å². The van der Waals surface area contributed by atoms with Crippen molar-refractivity contribution in [3.05, 3.63) is 0 Å². The topological polar surface area (TPSA) is 49.6 Å². The van der Waals surface area contributed by atoms with E-state index in [0.717, 1.165) is 32.4 Å². The molecule has 1 aliphatic heterocycles. The summed E-state index contributed by atoms with van der Waals surface area (Å²) in [4.78, 5) is 16.8. The van der Waals surface area contributed by atoms with Crippen molar-refractivity contribution in [2.45, 2.75) is 51.2 Å². The number of piperazine rings is 1. The molecule has 98 valence electrons. The van der Waals surface area contributed by atoms with Gasteiger partial charge < -0.3 is 10.6 Å². The van der Waals surface area contributed by atoms with Gasteiger partial charge in [0.25, 0.3) is 0 Å². The number of rotatable bonds is 1. The Kier molecular flexibility index (Phi) is 3.73. The Labute approximate surface area is 104 Å². The molecule has 2 aliphatic rings. The minimum atomic E-state index is 0.0813. The van der Waals surface area contributed by atoms with Gasteiger partial charge in [0.15, 0.2) is 0 Å². The first-order valence-electron chi connectivity index (χ1n) is 6.77. The third-order valence-corrected chi connectivity index (χ3v) is 4.56. The molecule has 0 aromatic rings. The van der Waals surface area contributed by atoms with E-state index in [9.17, 15) is 4.79 Å². The number of nitrogens with two attached hydrogens (primary N) is 1. The van der Waals surface area contributed by atoms with E-state index in [0.29, 0.717) is 18.0 Å². The van der Waals surface area contributed by atoms with Gasteiger partial charge in [-0.05, 0) is 33.7 Å². The van der Waals surface area contributed by atoms with E-state index >= 15 is 0 Å². The number of nitrogens with zero attached hydrogens (tertiary/aromatic N) is 2. The van der Waals surface area contributed by atoms with E-state index in [2.05, 4.69) is 25.8 Å². The highest BCUT2D eigenvalue weighted by Gasteiger charge is 2.36. The van der Waals surface area contributed by atoms with Crippen molar-refractivity contribution in [1.82, 2.24) is 9.80 Å². The van der Waals surface area contributed by atoms with Gasteiger partial charge in [0.1, 0.15) is 0 Å². The van der Waals surface area contributed by atoms with Crippen LogP contribution in [0.15, 0.2) is 0 Å². The van der Waals surface area contributed by atoms with Crippen LogP contribution in [0.5, 0.6) is 0 Å². The Morgan fingerprint density at radius 3 is 2.24 bits per heavy atom. The summed E-state index contributed by atoms with van der Waals surface area (Å²) in [6.45, 7) is 6.07.